The van der Waals surface area contributed by atoms with Gasteiger partial charge < -0.3 is 4.74 Å². The van der Waals surface area contributed by atoms with Gasteiger partial charge in [-0.25, -0.2) is 4.39 Å². The third-order valence-corrected chi connectivity index (χ3v) is 2.68. The lowest BCUT2D eigenvalue weighted by molar-refractivity contribution is -0.385. The van der Waals surface area contributed by atoms with Gasteiger partial charge >= 0.3 is 0 Å². The number of hydrogen-bond acceptors (Lipinski definition) is 4. The molecule has 0 heterocycles. The number of nitro benzene ring substituents is 1. The molecule has 0 saturated heterocycles. The Morgan fingerprint density at radius 3 is 2.75 bits per heavy atom. The van der Waals surface area contributed by atoms with E-state index in [4.69, 9.17) is 10.00 Å². The molecular formula is C14H9FN2O3. The second-order valence-electron chi connectivity index (χ2n) is 4.05. The van der Waals surface area contributed by atoms with Crippen molar-refractivity contribution in [2.24, 2.45) is 0 Å². The number of halogens is 1. The van der Waals surface area contributed by atoms with Crippen LogP contribution in [-0.4, -0.2) is 4.92 Å². The standard InChI is InChI=1S/C14H9FN2O3/c1-9-13(17(18)19)3-2-4-14(9)20-12-6-10(8-16)5-11(15)7-12/h2-7H,1H3. The zero-order valence-corrected chi connectivity index (χ0v) is 10.5. The Morgan fingerprint density at radius 1 is 1.35 bits per heavy atom. The van der Waals surface area contributed by atoms with E-state index >= 15 is 0 Å². The molecule has 100 valence electrons. The monoisotopic (exact) mass is 272 g/mol. The van der Waals surface area contributed by atoms with Crippen LogP contribution in [0.4, 0.5) is 10.1 Å². The van der Waals surface area contributed by atoms with E-state index < -0.39 is 10.7 Å². The van der Waals surface area contributed by atoms with Crippen molar-refractivity contribution in [3.63, 3.8) is 0 Å². The Morgan fingerprint density at radius 2 is 2.10 bits per heavy atom. The molecule has 0 fully saturated rings. The van der Waals surface area contributed by atoms with Crippen molar-refractivity contribution >= 4 is 5.69 Å². The Bertz CT molecular complexity index is 723. The molecule has 0 aliphatic rings. The van der Waals surface area contributed by atoms with Crippen molar-refractivity contribution in [1.82, 2.24) is 0 Å². The molecule has 0 bridgehead atoms. The summed E-state index contributed by atoms with van der Waals surface area (Å²) >= 11 is 0. The van der Waals surface area contributed by atoms with Crippen LogP contribution in [-0.2, 0) is 0 Å². The highest BCUT2D eigenvalue weighted by Gasteiger charge is 2.15. The summed E-state index contributed by atoms with van der Waals surface area (Å²) < 4.78 is 18.7. The minimum absolute atomic E-state index is 0.0839. The summed E-state index contributed by atoms with van der Waals surface area (Å²) in [6.45, 7) is 1.54. The third kappa shape index (κ3) is 2.72. The van der Waals surface area contributed by atoms with Crippen molar-refractivity contribution in [3.8, 4) is 17.6 Å². The quantitative estimate of drug-likeness (QED) is 0.630. The van der Waals surface area contributed by atoms with Crippen LogP contribution in [0.5, 0.6) is 11.5 Å². The highest BCUT2D eigenvalue weighted by Crippen LogP contribution is 2.31. The highest BCUT2D eigenvalue weighted by molar-refractivity contribution is 5.50. The predicted molar refractivity (Wildman–Crippen MR) is 69.0 cm³/mol. The van der Waals surface area contributed by atoms with Gasteiger partial charge in [0.05, 0.1) is 22.1 Å². The minimum Gasteiger partial charge on any atom is -0.457 e. The number of nitriles is 1. The first-order valence-electron chi connectivity index (χ1n) is 5.64. The van der Waals surface area contributed by atoms with Gasteiger partial charge in [0.15, 0.2) is 0 Å². The average Bonchev–Trinajstić information content (AvgIpc) is 2.40. The minimum atomic E-state index is -0.609. The second kappa shape index (κ2) is 5.36. The number of hydrogen-bond donors (Lipinski definition) is 0. The fourth-order valence-electron chi connectivity index (χ4n) is 1.72. The maximum atomic E-state index is 13.3. The summed E-state index contributed by atoms with van der Waals surface area (Å²) in [5.41, 5.74) is 0.364. The van der Waals surface area contributed by atoms with E-state index in [9.17, 15) is 14.5 Å². The van der Waals surface area contributed by atoms with E-state index in [1.807, 2.05) is 6.07 Å². The van der Waals surface area contributed by atoms with E-state index in [1.165, 1.54) is 25.1 Å². The number of nitro groups is 1. The molecule has 0 amide bonds. The topological polar surface area (TPSA) is 76.2 Å². The van der Waals surface area contributed by atoms with E-state index in [1.54, 1.807) is 6.07 Å². The molecule has 0 N–H and O–H groups in total. The van der Waals surface area contributed by atoms with E-state index in [0.29, 0.717) is 5.56 Å². The van der Waals surface area contributed by atoms with Crippen LogP contribution in [0.25, 0.3) is 0 Å². The van der Waals surface area contributed by atoms with Crippen molar-refractivity contribution in [2.75, 3.05) is 0 Å². The van der Waals surface area contributed by atoms with Crippen LogP contribution in [0.3, 0.4) is 0 Å². The number of benzene rings is 2. The summed E-state index contributed by atoms with van der Waals surface area (Å²) in [4.78, 5) is 10.3. The van der Waals surface area contributed by atoms with Crippen molar-refractivity contribution < 1.29 is 14.1 Å². The number of nitrogens with zero attached hydrogens (tertiary/aromatic N) is 2. The summed E-state index contributed by atoms with van der Waals surface area (Å²) in [6, 6.07) is 9.73. The van der Waals surface area contributed by atoms with Crippen molar-refractivity contribution in [3.05, 3.63) is 63.5 Å². The molecule has 0 saturated carbocycles. The summed E-state index contributed by atoms with van der Waals surface area (Å²) in [5.74, 6) is -0.249. The fraction of sp³-hybridized carbons (Fsp3) is 0.0714. The molecule has 0 aliphatic carbocycles. The number of rotatable bonds is 3. The van der Waals surface area contributed by atoms with Gasteiger partial charge in [-0.15, -0.1) is 0 Å². The molecule has 0 unspecified atom stereocenters. The first-order chi connectivity index (χ1) is 9.51. The van der Waals surface area contributed by atoms with Gasteiger partial charge in [0.2, 0.25) is 0 Å². The molecule has 0 spiro atoms. The van der Waals surface area contributed by atoms with Crippen LogP contribution in [0.2, 0.25) is 0 Å². The maximum absolute atomic E-state index is 13.3. The Hall–Kier alpha value is -2.94. The summed E-state index contributed by atoms with van der Waals surface area (Å²) in [6.07, 6.45) is 0. The molecule has 0 aliphatic heterocycles. The van der Waals surface area contributed by atoms with Crippen LogP contribution >= 0.6 is 0 Å². The zero-order valence-electron chi connectivity index (χ0n) is 10.5. The second-order valence-corrected chi connectivity index (χ2v) is 4.05. The summed E-state index contributed by atoms with van der Waals surface area (Å²) in [5, 5.41) is 19.6. The fourth-order valence-corrected chi connectivity index (χ4v) is 1.72. The Kier molecular flexibility index (Phi) is 3.62. The third-order valence-electron chi connectivity index (χ3n) is 2.68. The van der Waals surface area contributed by atoms with Crippen LogP contribution in [0.1, 0.15) is 11.1 Å². The molecule has 2 aromatic rings. The van der Waals surface area contributed by atoms with Gasteiger partial charge in [0.25, 0.3) is 5.69 Å². The van der Waals surface area contributed by atoms with Gasteiger partial charge in [0, 0.05) is 12.1 Å². The van der Waals surface area contributed by atoms with E-state index in [2.05, 4.69) is 0 Å². The van der Waals surface area contributed by atoms with Gasteiger partial charge in [-0.05, 0) is 25.1 Å². The normalized spacial score (nSPS) is 9.85. The molecule has 0 aromatic heterocycles. The molecular weight excluding hydrogens is 263 g/mol. The summed E-state index contributed by atoms with van der Waals surface area (Å²) in [7, 11) is 0. The molecule has 0 atom stereocenters. The predicted octanol–water partition coefficient (Wildman–Crippen LogP) is 3.71. The van der Waals surface area contributed by atoms with Gasteiger partial charge in [-0.1, -0.05) is 6.07 Å². The maximum Gasteiger partial charge on any atom is 0.276 e. The SMILES string of the molecule is Cc1c(Oc2cc(F)cc(C#N)c2)cccc1[N+](=O)[O-]. The number of ether oxygens (including phenoxy) is 1. The first kappa shape index (κ1) is 13.5. The van der Waals surface area contributed by atoms with Gasteiger partial charge in [-0.2, -0.15) is 5.26 Å². The smallest absolute Gasteiger partial charge is 0.276 e. The molecule has 5 nitrogen and oxygen atoms in total. The highest BCUT2D eigenvalue weighted by atomic mass is 19.1. The Balaban J connectivity index is 2.41. The molecule has 20 heavy (non-hydrogen) atoms. The average molecular weight is 272 g/mol. The zero-order chi connectivity index (χ0) is 14.7. The van der Waals surface area contributed by atoms with Crippen molar-refractivity contribution in [2.45, 2.75) is 6.92 Å². The van der Waals surface area contributed by atoms with Gasteiger partial charge in [0.1, 0.15) is 17.3 Å². The molecule has 2 rings (SSSR count). The van der Waals surface area contributed by atoms with E-state index in [0.717, 1.165) is 12.1 Å². The molecule has 2 aromatic carbocycles. The lowest BCUT2D eigenvalue weighted by Crippen LogP contribution is -1.95. The van der Waals surface area contributed by atoms with Crippen LogP contribution in [0.15, 0.2) is 36.4 Å². The van der Waals surface area contributed by atoms with Crippen LogP contribution in [0, 0.1) is 34.2 Å². The van der Waals surface area contributed by atoms with Crippen LogP contribution < -0.4 is 4.74 Å². The molecule has 6 heteroatoms. The first-order valence-corrected chi connectivity index (χ1v) is 5.64. The van der Waals surface area contributed by atoms with Crippen molar-refractivity contribution in [1.29, 1.82) is 5.26 Å². The largest absolute Gasteiger partial charge is 0.457 e. The molecule has 0 radical (unpaired) electrons. The lowest BCUT2D eigenvalue weighted by Gasteiger charge is -2.09. The van der Waals surface area contributed by atoms with E-state index in [-0.39, 0.29) is 22.7 Å². The lowest BCUT2D eigenvalue weighted by atomic mass is 10.2. The van der Waals surface area contributed by atoms with Gasteiger partial charge in [-0.3, -0.25) is 10.1 Å². The Labute approximate surface area is 114 Å².